The van der Waals surface area contributed by atoms with Crippen molar-refractivity contribution in [3.63, 3.8) is 0 Å². The zero-order valence-corrected chi connectivity index (χ0v) is 16.2. The first-order valence-electron chi connectivity index (χ1n) is 8.94. The molecule has 0 radical (unpaired) electrons. The van der Waals surface area contributed by atoms with Crippen LogP contribution in [0.2, 0.25) is 0 Å². The molecule has 1 aromatic carbocycles. The number of hydrogen-bond donors (Lipinski definition) is 1. The summed E-state index contributed by atoms with van der Waals surface area (Å²) in [5.74, 6) is 1.27. The highest BCUT2D eigenvalue weighted by molar-refractivity contribution is 7.18. The molecular weight excluding hydrogens is 362 g/mol. The summed E-state index contributed by atoms with van der Waals surface area (Å²) in [5.41, 5.74) is 0.986. The van der Waals surface area contributed by atoms with Gasteiger partial charge in [-0.1, -0.05) is 26.0 Å². The van der Waals surface area contributed by atoms with E-state index in [-0.39, 0.29) is 24.1 Å². The molecule has 0 saturated carbocycles. The number of rotatable bonds is 5. The monoisotopic (exact) mass is 383 g/mol. The number of anilines is 2. The SMILES string of the molecule is CC(Nc1nccc(N2C(=O)OCC2C(C)C)n1)c1nc2ccccc2s1. The number of amides is 1. The van der Waals surface area contributed by atoms with Gasteiger partial charge >= 0.3 is 6.09 Å². The van der Waals surface area contributed by atoms with E-state index in [4.69, 9.17) is 4.74 Å². The average Bonchev–Trinajstić information content (AvgIpc) is 3.25. The van der Waals surface area contributed by atoms with Crippen LogP contribution in [-0.2, 0) is 4.74 Å². The standard InChI is InChI=1S/C19H21N5O2S/c1-11(2)14-10-26-19(25)24(14)16-8-9-20-18(23-16)21-12(3)17-22-13-6-4-5-7-15(13)27-17/h4-9,11-12,14H,10H2,1-3H3,(H,20,21,23). The Balaban J connectivity index is 1.56. The molecule has 8 heteroatoms. The Labute approximate surface area is 161 Å². The van der Waals surface area contributed by atoms with E-state index in [2.05, 4.69) is 40.2 Å². The minimum absolute atomic E-state index is 0.0260. The van der Waals surface area contributed by atoms with E-state index in [1.54, 1.807) is 28.5 Å². The predicted octanol–water partition coefficient (Wildman–Crippen LogP) is 4.24. The number of hydrogen-bond acceptors (Lipinski definition) is 7. The molecule has 3 aromatic rings. The normalized spacial score (nSPS) is 18.1. The van der Waals surface area contributed by atoms with Crippen molar-refractivity contribution < 1.29 is 9.53 Å². The average molecular weight is 383 g/mol. The molecule has 1 N–H and O–H groups in total. The second kappa shape index (κ2) is 7.11. The molecule has 7 nitrogen and oxygen atoms in total. The summed E-state index contributed by atoms with van der Waals surface area (Å²) in [7, 11) is 0. The fraction of sp³-hybridized carbons (Fsp3) is 0.368. The highest BCUT2D eigenvalue weighted by atomic mass is 32.1. The number of benzene rings is 1. The molecule has 1 saturated heterocycles. The lowest BCUT2D eigenvalue weighted by Gasteiger charge is -2.23. The summed E-state index contributed by atoms with van der Waals surface area (Å²) < 4.78 is 6.36. The molecule has 1 amide bonds. The Morgan fingerprint density at radius 2 is 2.04 bits per heavy atom. The van der Waals surface area contributed by atoms with E-state index in [0.29, 0.717) is 18.4 Å². The molecule has 1 aliphatic rings. The fourth-order valence-electron chi connectivity index (χ4n) is 3.07. The van der Waals surface area contributed by atoms with Crippen LogP contribution in [0.25, 0.3) is 10.2 Å². The molecule has 0 aliphatic carbocycles. The van der Waals surface area contributed by atoms with Crippen LogP contribution in [0.1, 0.15) is 31.8 Å². The maximum absolute atomic E-state index is 12.2. The van der Waals surface area contributed by atoms with Crippen LogP contribution in [0.15, 0.2) is 36.5 Å². The van der Waals surface area contributed by atoms with Crippen molar-refractivity contribution in [2.75, 3.05) is 16.8 Å². The zero-order chi connectivity index (χ0) is 19.0. The van der Waals surface area contributed by atoms with E-state index in [1.807, 2.05) is 25.1 Å². The highest BCUT2D eigenvalue weighted by Gasteiger charge is 2.37. The van der Waals surface area contributed by atoms with Gasteiger partial charge in [-0.15, -0.1) is 11.3 Å². The van der Waals surface area contributed by atoms with Gasteiger partial charge in [-0.2, -0.15) is 4.98 Å². The van der Waals surface area contributed by atoms with Gasteiger partial charge in [0.2, 0.25) is 5.95 Å². The van der Waals surface area contributed by atoms with Crippen LogP contribution >= 0.6 is 11.3 Å². The van der Waals surface area contributed by atoms with Gasteiger partial charge in [-0.3, -0.25) is 4.90 Å². The number of aromatic nitrogens is 3. The first-order valence-corrected chi connectivity index (χ1v) is 9.75. The quantitative estimate of drug-likeness (QED) is 0.710. The van der Waals surface area contributed by atoms with Gasteiger partial charge in [0.25, 0.3) is 0 Å². The summed E-state index contributed by atoms with van der Waals surface area (Å²) in [6.45, 7) is 6.53. The summed E-state index contributed by atoms with van der Waals surface area (Å²) in [4.78, 5) is 27.3. The number of carbonyl (C=O) groups excluding carboxylic acids is 1. The number of thiazole rings is 1. The van der Waals surface area contributed by atoms with Crippen LogP contribution in [0, 0.1) is 5.92 Å². The molecule has 2 unspecified atom stereocenters. The lowest BCUT2D eigenvalue weighted by Crippen LogP contribution is -2.37. The Kier molecular flexibility index (Phi) is 4.65. The summed E-state index contributed by atoms with van der Waals surface area (Å²) >= 11 is 1.65. The summed E-state index contributed by atoms with van der Waals surface area (Å²) in [6, 6.07) is 9.71. The minimum Gasteiger partial charge on any atom is -0.447 e. The zero-order valence-electron chi connectivity index (χ0n) is 15.4. The predicted molar refractivity (Wildman–Crippen MR) is 106 cm³/mol. The van der Waals surface area contributed by atoms with Gasteiger partial charge in [0.05, 0.1) is 22.3 Å². The molecule has 1 aliphatic heterocycles. The van der Waals surface area contributed by atoms with Gasteiger partial charge in [0.1, 0.15) is 17.4 Å². The van der Waals surface area contributed by atoms with Crippen molar-refractivity contribution in [3.05, 3.63) is 41.5 Å². The first-order chi connectivity index (χ1) is 13.0. The second-order valence-electron chi connectivity index (χ2n) is 6.88. The van der Waals surface area contributed by atoms with E-state index in [0.717, 1.165) is 15.2 Å². The van der Waals surface area contributed by atoms with Crippen molar-refractivity contribution in [1.29, 1.82) is 0 Å². The van der Waals surface area contributed by atoms with Gasteiger partial charge in [-0.25, -0.2) is 14.8 Å². The third-order valence-corrected chi connectivity index (χ3v) is 5.81. The second-order valence-corrected chi connectivity index (χ2v) is 7.94. The molecule has 3 heterocycles. The highest BCUT2D eigenvalue weighted by Crippen LogP contribution is 2.29. The maximum atomic E-state index is 12.2. The van der Waals surface area contributed by atoms with Gasteiger partial charge in [-0.05, 0) is 31.0 Å². The Bertz CT molecular complexity index is 940. The van der Waals surface area contributed by atoms with E-state index < -0.39 is 0 Å². The van der Waals surface area contributed by atoms with Crippen LogP contribution in [0.3, 0.4) is 0 Å². The number of nitrogens with one attached hydrogen (secondary N) is 1. The number of ether oxygens (including phenoxy) is 1. The lowest BCUT2D eigenvalue weighted by atomic mass is 10.0. The van der Waals surface area contributed by atoms with Gasteiger partial charge in [0, 0.05) is 6.20 Å². The third kappa shape index (κ3) is 3.44. The smallest absolute Gasteiger partial charge is 0.415 e. The molecule has 2 atom stereocenters. The molecule has 2 aromatic heterocycles. The summed E-state index contributed by atoms with van der Waals surface area (Å²) in [5, 5.41) is 4.25. The van der Waals surface area contributed by atoms with Crippen molar-refractivity contribution in [2.24, 2.45) is 5.92 Å². The molecule has 0 bridgehead atoms. The van der Waals surface area contributed by atoms with Crippen molar-refractivity contribution in [2.45, 2.75) is 32.9 Å². The molecule has 27 heavy (non-hydrogen) atoms. The van der Waals surface area contributed by atoms with Crippen molar-refractivity contribution in [1.82, 2.24) is 15.0 Å². The van der Waals surface area contributed by atoms with Crippen LogP contribution in [0.5, 0.6) is 0 Å². The fourth-order valence-corrected chi connectivity index (χ4v) is 4.04. The number of cyclic esters (lactones) is 1. The number of para-hydroxylation sites is 1. The third-order valence-electron chi connectivity index (χ3n) is 4.59. The van der Waals surface area contributed by atoms with Crippen LogP contribution < -0.4 is 10.2 Å². The Morgan fingerprint density at radius 1 is 1.22 bits per heavy atom. The Hall–Kier alpha value is -2.74. The van der Waals surface area contributed by atoms with E-state index in [9.17, 15) is 4.79 Å². The van der Waals surface area contributed by atoms with Gasteiger partial charge < -0.3 is 10.1 Å². The largest absolute Gasteiger partial charge is 0.447 e. The Morgan fingerprint density at radius 3 is 2.81 bits per heavy atom. The maximum Gasteiger partial charge on any atom is 0.415 e. The minimum atomic E-state index is -0.363. The molecule has 1 fully saturated rings. The molecule has 0 spiro atoms. The van der Waals surface area contributed by atoms with E-state index >= 15 is 0 Å². The van der Waals surface area contributed by atoms with Gasteiger partial charge in [0.15, 0.2) is 0 Å². The number of nitrogens with zero attached hydrogens (tertiary/aromatic N) is 4. The molecule has 140 valence electrons. The van der Waals surface area contributed by atoms with Crippen molar-refractivity contribution >= 4 is 39.4 Å². The van der Waals surface area contributed by atoms with E-state index in [1.165, 1.54) is 0 Å². The van der Waals surface area contributed by atoms with Crippen molar-refractivity contribution in [3.8, 4) is 0 Å². The van der Waals surface area contributed by atoms with Crippen LogP contribution in [-0.4, -0.2) is 33.7 Å². The number of fused-ring (bicyclic) bond motifs is 1. The first kappa shape index (κ1) is 17.7. The molecule has 4 rings (SSSR count). The lowest BCUT2D eigenvalue weighted by molar-refractivity contribution is 0.177. The van der Waals surface area contributed by atoms with Crippen LogP contribution in [0.4, 0.5) is 16.6 Å². The number of carbonyl (C=O) groups is 1. The summed E-state index contributed by atoms with van der Waals surface area (Å²) in [6.07, 6.45) is 1.29. The topological polar surface area (TPSA) is 80.2 Å². The molecular formula is C19H21N5O2S.